The van der Waals surface area contributed by atoms with Gasteiger partial charge in [-0.05, 0) is 43.3 Å². The van der Waals surface area contributed by atoms with Crippen molar-refractivity contribution in [2.75, 3.05) is 23.3 Å². The zero-order valence-electron chi connectivity index (χ0n) is 11.4. The fraction of sp³-hybridized carbons (Fsp3) is 0.333. The van der Waals surface area contributed by atoms with Gasteiger partial charge in [0.15, 0.2) is 0 Å². The second-order valence-corrected chi connectivity index (χ2v) is 6.06. The minimum Gasteiger partial charge on any atom is -0.370 e. The molecule has 2 aromatic heterocycles. The van der Waals surface area contributed by atoms with Crippen LogP contribution in [0.3, 0.4) is 0 Å². The summed E-state index contributed by atoms with van der Waals surface area (Å²) in [7, 11) is 0. The average molecular weight is 287 g/mol. The molecule has 20 heavy (non-hydrogen) atoms. The van der Waals surface area contributed by atoms with Crippen LogP contribution in [-0.4, -0.2) is 24.0 Å². The maximum atomic E-state index is 12.1. The second-order valence-electron chi connectivity index (χ2n) is 4.94. The van der Waals surface area contributed by atoms with Crippen LogP contribution in [0.2, 0.25) is 0 Å². The highest BCUT2D eigenvalue weighted by Gasteiger charge is 2.14. The van der Waals surface area contributed by atoms with E-state index in [4.69, 9.17) is 0 Å². The van der Waals surface area contributed by atoms with Crippen LogP contribution in [0.5, 0.6) is 0 Å². The quantitative estimate of drug-likeness (QED) is 0.942. The maximum Gasteiger partial charge on any atom is 0.257 e. The first-order valence-electron chi connectivity index (χ1n) is 6.80. The molecule has 1 amide bonds. The van der Waals surface area contributed by atoms with Crippen molar-refractivity contribution in [1.82, 2.24) is 4.98 Å². The number of thiophene rings is 1. The molecule has 0 unspecified atom stereocenters. The molecule has 1 N–H and O–H groups in total. The molecule has 0 saturated carbocycles. The van der Waals surface area contributed by atoms with E-state index in [9.17, 15) is 4.79 Å². The van der Waals surface area contributed by atoms with Gasteiger partial charge in [-0.1, -0.05) is 0 Å². The summed E-state index contributed by atoms with van der Waals surface area (Å²) in [5.74, 6) is 0.508. The first-order valence-corrected chi connectivity index (χ1v) is 7.68. The summed E-state index contributed by atoms with van der Waals surface area (Å²) in [5, 5.41) is 4.77. The number of aromatic nitrogens is 1. The summed E-state index contributed by atoms with van der Waals surface area (Å²) < 4.78 is 0. The molecule has 2 aromatic rings. The number of aryl methyl sites for hydroxylation is 1. The number of rotatable bonds is 3. The van der Waals surface area contributed by atoms with Gasteiger partial charge in [-0.3, -0.25) is 4.79 Å². The Kier molecular flexibility index (Phi) is 3.69. The second kappa shape index (κ2) is 5.63. The Morgan fingerprint density at radius 1 is 1.30 bits per heavy atom. The highest BCUT2D eigenvalue weighted by Crippen LogP contribution is 2.21. The third-order valence-corrected chi connectivity index (χ3v) is 4.41. The van der Waals surface area contributed by atoms with E-state index in [-0.39, 0.29) is 5.91 Å². The number of nitrogens with one attached hydrogen (secondary N) is 1. The minimum atomic E-state index is -0.0924. The first kappa shape index (κ1) is 13.1. The normalized spacial score (nSPS) is 14.6. The van der Waals surface area contributed by atoms with E-state index in [0.29, 0.717) is 5.82 Å². The van der Waals surface area contributed by atoms with Crippen LogP contribution in [0.1, 0.15) is 28.1 Å². The Morgan fingerprint density at radius 2 is 2.10 bits per heavy atom. The lowest BCUT2D eigenvalue weighted by Gasteiger charge is -2.17. The third kappa shape index (κ3) is 2.67. The predicted octanol–water partition coefficient (Wildman–Crippen LogP) is 3.30. The maximum absolute atomic E-state index is 12.1. The average Bonchev–Trinajstić information content (AvgIpc) is 3.10. The Balaban J connectivity index is 1.69. The summed E-state index contributed by atoms with van der Waals surface area (Å²) in [4.78, 5) is 19.8. The van der Waals surface area contributed by atoms with Crippen LogP contribution in [0.15, 0.2) is 29.8 Å². The lowest BCUT2D eigenvalue weighted by molar-refractivity contribution is 0.102. The molecule has 5 heteroatoms. The van der Waals surface area contributed by atoms with Crippen molar-refractivity contribution in [2.45, 2.75) is 19.8 Å². The summed E-state index contributed by atoms with van der Waals surface area (Å²) in [5.41, 5.74) is 1.85. The predicted molar refractivity (Wildman–Crippen MR) is 82.7 cm³/mol. The zero-order chi connectivity index (χ0) is 13.9. The number of pyridine rings is 1. The van der Waals surface area contributed by atoms with Crippen molar-refractivity contribution in [3.8, 4) is 0 Å². The monoisotopic (exact) mass is 287 g/mol. The number of amides is 1. The molecule has 0 radical (unpaired) electrons. The molecule has 1 aliphatic heterocycles. The Hall–Kier alpha value is -1.88. The molecule has 0 atom stereocenters. The van der Waals surface area contributed by atoms with Crippen LogP contribution in [0.25, 0.3) is 0 Å². The summed E-state index contributed by atoms with van der Waals surface area (Å²) >= 11 is 1.57. The molecule has 1 fully saturated rings. The highest BCUT2D eigenvalue weighted by molar-refractivity contribution is 7.10. The molecule has 1 aliphatic rings. The molecule has 1 saturated heterocycles. The Bertz CT molecular complexity index is 600. The number of hydrogen-bond donors (Lipinski definition) is 1. The Morgan fingerprint density at radius 3 is 2.70 bits per heavy atom. The molecule has 104 valence electrons. The first-order chi connectivity index (χ1) is 9.74. The van der Waals surface area contributed by atoms with E-state index < -0.39 is 0 Å². The van der Waals surface area contributed by atoms with Gasteiger partial charge >= 0.3 is 0 Å². The molecule has 4 nitrogen and oxygen atoms in total. The van der Waals surface area contributed by atoms with E-state index in [0.717, 1.165) is 29.2 Å². The summed E-state index contributed by atoms with van der Waals surface area (Å²) in [6.45, 7) is 4.15. The lowest BCUT2D eigenvalue weighted by Crippen LogP contribution is -2.18. The molecule has 3 rings (SSSR count). The molecule has 3 heterocycles. The topological polar surface area (TPSA) is 45.2 Å². The zero-order valence-corrected chi connectivity index (χ0v) is 12.2. The van der Waals surface area contributed by atoms with Gasteiger partial charge in [-0.15, -0.1) is 11.3 Å². The van der Waals surface area contributed by atoms with E-state index in [1.54, 1.807) is 11.3 Å². The van der Waals surface area contributed by atoms with Gasteiger partial charge in [0.05, 0.1) is 17.4 Å². The van der Waals surface area contributed by atoms with E-state index in [1.165, 1.54) is 12.8 Å². The summed E-state index contributed by atoms with van der Waals surface area (Å²) in [6, 6.07) is 5.73. The van der Waals surface area contributed by atoms with Gasteiger partial charge in [0.25, 0.3) is 5.91 Å². The van der Waals surface area contributed by atoms with Crippen molar-refractivity contribution < 1.29 is 4.79 Å². The van der Waals surface area contributed by atoms with Gasteiger partial charge in [-0.2, -0.15) is 0 Å². The van der Waals surface area contributed by atoms with Gasteiger partial charge in [0.1, 0.15) is 5.82 Å². The minimum absolute atomic E-state index is 0.0924. The van der Waals surface area contributed by atoms with Crippen molar-refractivity contribution in [2.24, 2.45) is 0 Å². The number of carbonyl (C=O) groups excluding carboxylic acids is 1. The van der Waals surface area contributed by atoms with E-state index >= 15 is 0 Å². The van der Waals surface area contributed by atoms with Crippen LogP contribution >= 0.6 is 11.3 Å². The van der Waals surface area contributed by atoms with Gasteiger partial charge < -0.3 is 10.2 Å². The molecule has 0 aromatic carbocycles. The fourth-order valence-corrected chi connectivity index (χ4v) is 3.12. The number of carbonyl (C=O) groups is 1. The molecular formula is C15H17N3OS. The number of anilines is 2. The van der Waals surface area contributed by atoms with E-state index in [2.05, 4.69) is 15.2 Å². The largest absolute Gasteiger partial charge is 0.370 e. The number of hydrogen-bond acceptors (Lipinski definition) is 4. The summed E-state index contributed by atoms with van der Waals surface area (Å²) in [6.07, 6.45) is 4.33. The third-order valence-electron chi connectivity index (χ3n) is 3.56. The SMILES string of the molecule is Cc1sccc1C(=O)Nc1ccc(N2CCCC2)cn1. The van der Waals surface area contributed by atoms with Crippen LogP contribution in [0, 0.1) is 6.92 Å². The molecular weight excluding hydrogens is 270 g/mol. The van der Waals surface area contributed by atoms with Crippen LogP contribution in [-0.2, 0) is 0 Å². The smallest absolute Gasteiger partial charge is 0.257 e. The lowest BCUT2D eigenvalue weighted by atomic mass is 10.2. The fourth-order valence-electron chi connectivity index (χ4n) is 2.43. The van der Waals surface area contributed by atoms with Crippen molar-refractivity contribution in [3.05, 3.63) is 40.2 Å². The Labute approximate surface area is 122 Å². The molecule has 0 aliphatic carbocycles. The van der Waals surface area contributed by atoms with Crippen molar-refractivity contribution >= 4 is 28.7 Å². The van der Waals surface area contributed by atoms with Crippen LogP contribution in [0.4, 0.5) is 11.5 Å². The van der Waals surface area contributed by atoms with Crippen molar-refractivity contribution in [3.63, 3.8) is 0 Å². The number of nitrogens with zero attached hydrogens (tertiary/aromatic N) is 2. The van der Waals surface area contributed by atoms with E-state index in [1.807, 2.05) is 36.7 Å². The standard InChI is InChI=1S/C15H17N3OS/c1-11-13(6-9-20-11)15(19)17-14-5-4-12(10-16-14)18-7-2-3-8-18/h4-6,9-10H,2-3,7-8H2,1H3,(H,16,17,19). The van der Waals surface area contributed by atoms with Crippen molar-refractivity contribution in [1.29, 1.82) is 0 Å². The van der Waals surface area contributed by atoms with Crippen LogP contribution < -0.4 is 10.2 Å². The van der Waals surface area contributed by atoms with Gasteiger partial charge in [0, 0.05) is 18.0 Å². The highest BCUT2D eigenvalue weighted by atomic mass is 32.1. The molecule has 0 spiro atoms. The van der Waals surface area contributed by atoms with Gasteiger partial charge in [0.2, 0.25) is 0 Å². The van der Waals surface area contributed by atoms with Gasteiger partial charge in [-0.25, -0.2) is 4.98 Å². The molecule has 0 bridgehead atoms.